The topological polar surface area (TPSA) is 3.24 Å². The summed E-state index contributed by atoms with van der Waals surface area (Å²) in [7, 11) is 0. The molecule has 0 aliphatic carbocycles. The summed E-state index contributed by atoms with van der Waals surface area (Å²) in [5.74, 6) is 0. The van der Waals surface area contributed by atoms with E-state index in [2.05, 4.69) is 181 Å². The maximum atomic E-state index is 2.47. The normalized spacial score (nSPS) is 11.6. The van der Waals surface area contributed by atoms with Crippen molar-refractivity contribution in [2.75, 3.05) is 4.90 Å². The fourth-order valence-electron chi connectivity index (χ4n) is 7.19. The van der Waals surface area contributed by atoms with Gasteiger partial charge >= 0.3 is 0 Å². The van der Waals surface area contributed by atoms with Crippen molar-refractivity contribution >= 4 is 70.9 Å². The predicted octanol–water partition coefficient (Wildman–Crippen LogP) is 12.6. The van der Waals surface area contributed by atoms with Crippen molar-refractivity contribution in [3.63, 3.8) is 0 Å². The van der Waals surface area contributed by atoms with Crippen LogP contribution in [0.1, 0.15) is 0 Å². The van der Waals surface area contributed by atoms with Gasteiger partial charge in [0.1, 0.15) is 0 Å². The Morgan fingerprint density at radius 2 is 0.778 bits per heavy atom. The lowest BCUT2D eigenvalue weighted by Crippen LogP contribution is -2.12. The van der Waals surface area contributed by atoms with Crippen molar-refractivity contribution in [2.45, 2.75) is 0 Å². The molecule has 0 unspecified atom stereocenters. The number of benzene rings is 9. The number of hydrogen-bond donors (Lipinski definition) is 0. The van der Waals surface area contributed by atoms with E-state index in [1.165, 1.54) is 65.0 Å². The summed E-state index contributed by atoms with van der Waals surface area (Å²) in [6.07, 6.45) is 0. The minimum absolute atomic E-state index is 1.13. The second kappa shape index (κ2) is 10.4. The van der Waals surface area contributed by atoms with Crippen LogP contribution in [-0.2, 0) is 0 Å². The zero-order valence-electron chi connectivity index (χ0n) is 24.7. The Labute approximate surface area is 262 Å². The van der Waals surface area contributed by atoms with Crippen molar-refractivity contribution in [1.82, 2.24) is 0 Å². The molecule has 0 fully saturated rings. The van der Waals surface area contributed by atoms with Crippen molar-refractivity contribution in [3.8, 4) is 11.1 Å². The first-order valence-electron chi connectivity index (χ1n) is 15.5. The molecule has 1 heteroatoms. The molecule has 0 atom stereocenters. The number of hydrogen-bond acceptors (Lipinski definition) is 1. The molecule has 0 saturated carbocycles. The summed E-state index contributed by atoms with van der Waals surface area (Å²) in [6, 6.07) is 64.1. The minimum Gasteiger partial charge on any atom is -0.309 e. The van der Waals surface area contributed by atoms with Gasteiger partial charge in [-0.25, -0.2) is 0 Å². The van der Waals surface area contributed by atoms with Crippen LogP contribution < -0.4 is 4.90 Å². The molecule has 0 aromatic heterocycles. The van der Waals surface area contributed by atoms with Gasteiger partial charge in [0.05, 0.1) is 11.4 Å². The number of anilines is 3. The van der Waals surface area contributed by atoms with E-state index in [0.717, 1.165) is 17.1 Å². The van der Waals surface area contributed by atoms with Gasteiger partial charge in [-0.15, -0.1) is 0 Å². The minimum atomic E-state index is 1.13. The maximum absolute atomic E-state index is 2.47. The predicted molar refractivity (Wildman–Crippen MR) is 194 cm³/mol. The lowest BCUT2D eigenvalue weighted by molar-refractivity contribution is 1.31. The van der Waals surface area contributed by atoms with Gasteiger partial charge in [-0.2, -0.15) is 0 Å². The Kier molecular flexibility index (Phi) is 5.89. The third kappa shape index (κ3) is 4.09. The molecule has 1 nitrogen and oxygen atoms in total. The third-order valence-corrected chi connectivity index (χ3v) is 9.20. The van der Waals surface area contributed by atoms with E-state index >= 15 is 0 Å². The summed E-state index contributed by atoms with van der Waals surface area (Å²) < 4.78 is 0. The molecule has 0 aliphatic rings. The van der Waals surface area contributed by atoms with Gasteiger partial charge in [0.2, 0.25) is 0 Å². The van der Waals surface area contributed by atoms with Crippen LogP contribution in [0, 0.1) is 0 Å². The van der Waals surface area contributed by atoms with Gasteiger partial charge in [0, 0.05) is 16.6 Å². The van der Waals surface area contributed by atoms with Crippen molar-refractivity contribution in [3.05, 3.63) is 176 Å². The number of para-hydroxylation sites is 1. The van der Waals surface area contributed by atoms with E-state index in [9.17, 15) is 0 Å². The highest BCUT2D eigenvalue weighted by Gasteiger charge is 2.21. The molecule has 0 N–H and O–H groups in total. The molecule has 0 spiro atoms. The SMILES string of the molecule is c1ccc(-c2ccccc2N(c2ccc3c4ccccc4c4ccccc4c3c2)c2cc3ccccc3c3ccccc23)cc1. The average molecular weight is 572 g/mol. The largest absolute Gasteiger partial charge is 0.309 e. The van der Waals surface area contributed by atoms with Crippen LogP contribution >= 0.6 is 0 Å². The fraction of sp³-hybridized carbons (Fsp3) is 0. The van der Waals surface area contributed by atoms with E-state index < -0.39 is 0 Å². The van der Waals surface area contributed by atoms with Crippen LogP contribution in [0.2, 0.25) is 0 Å². The third-order valence-electron chi connectivity index (χ3n) is 9.20. The zero-order valence-corrected chi connectivity index (χ0v) is 24.7. The van der Waals surface area contributed by atoms with E-state index in [1.807, 2.05) is 0 Å². The van der Waals surface area contributed by atoms with Crippen LogP contribution in [0.15, 0.2) is 176 Å². The molecule has 0 heterocycles. The highest BCUT2D eigenvalue weighted by molar-refractivity contribution is 6.26. The van der Waals surface area contributed by atoms with Gasteiger partial charge in [-0.05, 0) is 78.3 Å². The van der Waals surface area contributed by atoms with Crippen LogP contribution in [0.5, 0.6) is 0 Å². The van der Waals surface area contributed by atoms with E-state index in [-0.39, 0.29) is 0 Å². The first-order valence-corrected chi connectivity index (χ1v) is 15.5. The Hall–Kier alpha value is -5.92. The summed E-state index contributed by atoms with van der Waals surface area (Å²) in [4.78, 5) is 2.47. The van der Waals surface area contributed by atoms with Crippen LogP contribution in [0.4, 0.5) is 17.1 Å². The zero-order chi connectivity index (χ0) is 29.7. The van der Waals surface area contributed by atoms with E-state index in [0.29, 0.717) is 0 Å². The quantitative estimate of drug-likeness (QED) is 0.190. The summed E-state index contributed by atoms with van der Waals surface area (Å²) in [5, 5.41) is 12.6. The monoisotopic (exact) mass is 571 g/mol. The Morgan fingerprint density at radius 1 is 0.289 bits per heavy atom. The fourth-order valence-corrected chi connectivity index (χ4v) is 7.19. The highest BCUT2D eigenvalue weighted by atomic mass is 15.1. The average Bonchev–Trinajstić information content (AvgIpc) is 3.12. The lowest BCUT2D eigenvalue weighted by atomic mass is 9.93. The smallest absolute Gasteiger partial charge is 0.0546 e. The molecule has 0 radical (unpaired) electrons. The lowest BCUT2D eigenvalue weighted by Gasteiger charge is -2.30. The second-order valence-electron chi connectivity index (χ2n) is 11.7. The number of rotatable bonds is 4. The molecule has 9 aromatic carbocycles. The van der Waals surface area contributed by atoms with Crippen LogP contribution in [0.3, 0.4) is 0 Å². The van der Waals surface area contributed by atoms with Crippen LogP contribution in [-0.4, -0.2) is 0 Å². The molecule has 9 rings (SSSR count). The molecular weight excluding hydrogens is 542 g/mol. The molecular formula is C44H29N. The summed E-state index contributed by atoms with van der Waals surface area (Å²) >= 11 is 0. The number of fused-ring (bicyclic) bond motifs is 9. The van der Waals surface area contributed by atoms with Gasteiger partial charge < -0.3 is 4.90 Å². The van der Waals surface area contributed by atoms with Crippen molar-refractivity contribution in [2.24, 2.45) is 0 Å². The highest BCUT2D eigenvalue weighted by Crippen LogP contribution is 2.46. The molecule has 0 amide bonds. The first-order chi connectivity index (χ1) is 22.3. The second-order valence-corrected chi connectivity index (χ2v) is 11.7. The van der Waals surface area contributed by atoms with Crippen molar-refractivity contribution < 1.29 is 0 Å². The van der Waals surface area contributed by atoms with E-state index in [1.54, 1.807) is 0 Å². The molecule has 0 bridgehead atoms. The molecule has 45 heavy (non-hydrogen) atoms. The number of nitrogens with zero attached hydrogens (tertiary/aromatic N) is 1. The standard InChI is InChI=1S/C44H29N/c1-2-14-30(15-3-1)34-18-12-13-25-43(34)45(44-28-31-16-4-5-17-33(31)35-19-10-11-24-41(35)44)32-26-27-40-38-22-7-6-20-36(38)37-21-8-9-23-39(37)42(40)29-32/h1-29H. The maximum Gasteiger partial charge on any atom is 0.0546 e. The summed E-state index contributed by atoms with van der Waals surface area (Å²) in [6.45, 7) is 0. The summed E-state index contributed by atoms with van der Waals surface area (Å²) in [5.41, 5.74) is 5.83. The van der Waals surface area contributed by atoms with Gasteiger partial charge in [0.15, 0.2) is 0 Å². The van der Waals surface area contributed by atoms with Crippen molar-refractivity contribution in [1.29, 1.82) is 0 Å². The molecule has 210 valence electrons. The van der Waals surface area contributed by atoms with Gasteiger partial charge in [-0.3, -0.25) is 0 Å². The Morgan fingerprint density at radius 3 is 1.47 bits per heavy atom. The van der Waals surface area contributed by atoms with Gasteiger partial charge in [0.25, 0.3) is 0 Å². The molecule has 9 aromatic rings. The Bertz CT molecular complexity index is 2510. The van der Waals surface area contributed by atoms with Crippen LogP contribution in [0.25, 0.3) is 65.0 Å². The molecule has 0 saturated heterocycles. The van der Waals surface area contributed by atoms with E-state index in [4.69, 9.17) is 0 Å². The first kappa shape index (κ1) is 25.6. The molecule has 0 aliphatic heterocycles. The van der Waals surface area contributed by atoms with Gasteiger partial charge in [-0.1, -0.05) is 152 Å². The Balaban J connectivity index is 1.41.